The Balaban J connectivity index is 2.52. The van der Waals surface area contributed by atoms with Gasteiger partial charge in [-0.1, -0.05) is 31.9 Å². The Bertz CT molecular complexity index is 443. The maximum absolute atomic E-state index is 11.8. The number of anilines is 1. The number of hydrogen-bond donors (Lipinski definition) is 3. The Morgan fingerprint density at radius 3 is 2.45 bits per heavy atom. The number of carbonyl (C=O) groups excluding carboxylic acids is 2. The molecule has 5 heteroatoms. The van der Waals surface area contributed by atoms with E-state index in [1.165, 1.54) is 0 Å². The lowest BCUT2D eigenvalue weighted by Crippen LogP contribution is -2.35. The van der Waals surface area contributed by atoms with Crippen LogP contribution in [0.15, 0.2) is 24.3 Å². The van der Waals surface area contributed by atoms with Crippen LogP contribution >= 0.6 is 0 Å². The van der Waals surface area contributed by atoms with Crippen LogP contribution in [0, 0.1) is 0 Å². The van der Waals surface area contributed by atoms with Crippen LogP contribution in [0.4, 0.5) is 5.69 Å². The second kappa shape index (κ2) is 8.32. The molecule has 0 aliphatic carbocycles. The molecular formula is C15H23N3O2. The molecular weight excluding hydrogens is 254 g/mol. The van der Waals surface area contributed by atoms with Crippen molar-refractivity contribution in [3.8, 4) is 0 Å². The Labute approximate surface area is 119 Å². The van der Waals surface area contributed by atoms with E-state index in [1.807, 2.05) is 12.1 Å². The van der Waals surface area contributed by atoms with Gasteiger partial charge in [0.05, 0.1) is 12.5 Å². The molecule has 0 fully saturated rings. The Hall–Kier alpha value is -1.88. The van der Waals surface area contributed by atoms with Gasteiger partial charge in [0.2, 0.25) is 11.8 Å². The molecule has 0 radical (unpaired) electrons. The van der Waals surface area contributed by atoms with E-state index in [9.17, 15) is 9.59 Å². The molecule has 4 N–H and O–H groups in total. The molecule has 0 aromatic heterocycles. The molecule has 1 rings (SSSR count). The first-order chi connectivity index (χ1) is 9.56. The summed E-state index contributed by atoms with van der Waals surface area (Å²) in [5.41, 5.74) is 7.40. The molecule has 1 aromatic carbocycles. The van der Waals surface area contributed by atoms with E-state index in [0.717, 1.165) is 18.4 Å². The molecule has 1 atom stereocenters. The fourth-order valence-electron chi connectivity index (χ4n) is 1.77. The van der Waals surface area contributed by atoms with Crippen molar-refractivity contribution in [3.05, 3.63) is 29.8 Å². The van der Waals surface area contributed by atoms with Gasteiger partial charge >= 0.3 is 0 Å². The fraction of sp³-hybridized carbons (Fsp3) is 0.467. The summed E-state index contributed by atoms with van der Waals surface area (Å²) in [7, 11) is 1.61. The molecule has 5 nitrogen and oxygen atoms in total. The van der Waals surface area contributed by atoms with Crippen LogP contribution in [-0.4, -0.2) is 24.9 Å². The summed E-state index contributed by atoms with van der Waals surface area (Å²) >= 11 is 0. The molecule has 0 unspecified atom stereocenters. The Morgan fingerprint density at radius 2 is 1.90 bits per heavy atom. The van der Waals surface area contributed by atoms with Gasteiger partial charge in [0.15, 0.2) is 0 Å². The standard InChI is InChI=1S/C15H23N3O2/c1-3-4-5-13(16)15(20)18-12-8-6-11(7-9-12)10-14(19)17-2/h6-9,13H,3-5,10,16H2,1-2H3,(H,17,19)(H,18,20)/t13-/m0/s1. The van der Waals surface area contributed by atoms with E-state index in [-0.39, 0.29) is 11.8 Å². The smallest absolute Gasteiger partial charge is 0.241 e. The van der Waals surface area contributed by atoms with E-state index in [2.05, 4.69) is 17.6 Å². The van der Waals surface area contributed by atoms with E-state index in [4.69, 9.17) is 5.73 Å². The van der Waals surface area contributed by atoms with E-state index in [0.29, 0.717) is 18.5 Å². The molecule has 0 bridgehead atoms. The largest absolute Gasteiger partial charge is 0.359 e. The number of amides is 2. The van der Waals surface area contributed by atoms with Crippen molar-refractivity contribution in [1.82, 2.24) is 5.32 Å². The highest BCUT2D eigenvalue weighted by atomic mass is 16.2. The molecule has 0 saturated carbocycles. The van der Waals surface area contributed by atoms with Crippen LogP contribution in [0.5, 0.6) is 0 Å². The second-order valence-corrected chi connectivity index (χ2v) is 4.78. The molecule has 20 heavy (non-hydrogen) atoms. The average molecular weight is 277 g/mol. The Kier molecular flexibility index (Phi) is 6.73. The fourth-order valence-corrected chi connectivity index (χ4v) is 1.77. The lowest BCUT2D eigenvalue weighted by Gasteiger charge is -2.12. The third-order valence-corrected chi connectivity index (χ3v) is 3.07. The first-order valence-corrected chi connectivity index (χ1v) is 6.92. The highest BCUT2D eigenvalue weighted by molar-refractivity contribution is 5.94. The number of likely N-dealkylation sites (N-methyl/N-ethyl adjacent to an activating group) is 1. The van der Waals surface area contributed by atoms with Gasteiger partial charge in [-0.15, -0.1) is 0 Å². The van der Waals surface area contributed by atoms with Crippen molar-refractivity contribution in [2.24, 2.45) is 5.73 Å². The zero-order valence-corrected chi connectivity index (χ0v) is 12.1. The normalized spacial score (nSPS) is 11.8. The molecule has 1 aromatic rings. The highest BCUT2D eigenvalue weighted by Crippen LogP contribution is 2.11. The van der Waals surface area contributed by atoms with Gasteiger partial charge < -0.3 is 16.4 Å². The quantitative estimate of drug-likeness (QED) is 0.705. The minimum Gasteiger partial charge on any atom is -0.359 e. The van der Waals surface area contributed by atoms with Crippen LogP contribution in [0.1, 0.15) is 31.7 Å². The van der Waals surface area contributed by atoms with E-state index < -0.39 is 6.04 Å². The summed E-state index contributed by atoms with van der Waals surface area (Å²) in [6.45, 7) is 2.07. The molecule has 0 aliphatic rings. The van der Waals surface area contributed by atoms with E-state index >= 15 is 0 Å². The van der Waals surface area contributed by atoms with E-state index in [1.54, 1.807) is 19.2 Å². The van der Waals surface area contributed by atoms with Crippen molar-refractivity contribution in [3.63, 3.8) is 0 Å². The van der Waals surface area contributed by atoms with Gasteiger partial charge in [-0.2, -0.15) is 0 Å². The monoisotopic (exact) mass is 277 g/mol. The summed E-state index contributed by atoms with van der Waals surface area (Å²) in [6.07, 6.45) is 2.99. The number of nitrogens with two attached hydrogens (primary N) is 1. The molecule has 0 spiro atoms. The van der Waals surface area contributed by atoms with Crippen molar-refractivity contribution >= 4 is 17.5 Å². The highest BCUT2D eigenvalue weighted by Gasteiger charge is 2.12. The first-order valence-electron chi connectivity index (χ1n) is 6.92. The SMILES string of the molecule is CCCC[C@H](N)C(=O)Nc1ccc(CC(=O)NC)cc1. The number of nitrogens with one attached hydrogen (secondary N) is 2. The lowest BCUT2D eigenvalue weighted by molar-refractivity contribution is -0.120. The van der Waals surface area contributed by atoms with Crippen LogP contribution in [0.3, 0.4) is 0 Å². The molecule has 0 aliphatic heterocycles. The van der Waals surface area contributed by atoms with Crippen molar-refractivity contribution < 1.29 is 9.59 Å². The number of benzene rings is 1. The van der Waals surface area contributed by atoms with Gasteiger partial charge in [-0.25, -0.2) is 0 Å². The minimum atomic E-state index is -0.472. The molecule has 0 heterocycles. The average Bonchev–Trinajstić information content (AvgIpc) is 2.46. The molecule has 0 saturated heterocycles. The number of rotatable bonds is 7. The first kappa shape index (κ1) is 16.2. The Morgan fingerprint density at radius 1 is 1.25 bits per heavy atom. The van der Waals surface area contributed by atoms with Crippen molar-refractivity contribution in [2.75, 3.05) is 12.4 Å². The van der Waals surface area contributed by atoms with Gasteiger partial charge in [0.25, 0.3) is 0 Å². The van der Waals surface area contributed by atoms with Crippen LogP contribution in [0.25, 0.3) is 0 Å². The number of hydrogen-bond acceptors (Lipinski definition) is 3. The van der Waals surface area contributed by atoms with Crippen LogP contribution in [-0.2, 0) is 16.0 Å². The van der Waals surface area contributed by atoms with Crippen molar-refractivity contribution in [1.29, 1.82) is 0 Å². The zero-order valence-electron chi connectivity index (χ0n) is 12.1. The zero-order chi connectivity index (χ0) is 15.0. The maximum Gasteiger partial charge on any atom is 0.241 e. The summed E-state index contributed by atoms with van der Waals surface area (Å²) in [5, 5.41) is 5.35. The number of unbranched alkanes of at least 4 members (excludes halogenated alkanes) is 1. The topological polar surface area (TPSA) is 84.2 Å². The maximum atomic E-state index is 11.8. The third kappa shape index (κ3) is 5.40. The van der Waals surface area contributed by atoms with Gasteiger partial charge in [-0.05, 0) is 24.1 Å². The van der Waals surface area contributed by atoms with Gasteiger partial charge in [-0.3, -0.25) is 9.59 Å². The summed E-state index contributed by atoms with van der Waals surface area (Å²) in [4.78, 5) is 23.1. The second-order valence-electron chi connectivity index (χ2n) is 4.78. The summed E-state index contributed by atoms with van der Waals surface area (Å²) in [6, 6.07) is 6.73. The van der Waals surface area contributed by atoms with Gasteiger partial charge in [0.1, 0.15) is 0 Å². The van der Waals surface area contributed by atoms with Crippen LogP contribution < -0.4 is 16.4 Å². The predicted octanol–water partition coefficient (Wildman–Crippen LogP) is 1.43. The molecule has 110 valence electrons. The predicted molar refractivity (Wildman–Crippen MR) is 80.3 cm³/mol. The minimum absolute atomic E-state index is 0.0385. The van der Waals surface area contributed by atoms with Crippen LogP contribution in [0.2, 0.25) is 0 Å². The number of carbonyl (C=O) groups is 2. The van der Waals surface area contributed by atoms with Crippen molar-refractivity contribution in [2.45, 2.75) is 38.6 Å². The third-order valence-electron chi connectivity index (χ3n) is 3.07. The summed E-state index contributed by atoms with van der Waals surface area (Å²) < 4.78 is 0. The lowest BCUT2D eigenvalue weighted by atomic mass is 10.1. The summed E-state index contributed by atoms with van der Waals surface area (Å²) in [5.74, 6) is -0.208. The molecule has 2 amide bonds. The van der Waals surface area contributed by atoms with Gasteiger partial charge in [0, 0.05) is 12.7 Å².